The van der Waals surface area contributed by atoms with E-state index >= 15 is 0 Å². The molecule has 1 rings (SSSR count). The molecule has 0 heterocycles. The van der Waals surface area contributed by atoms with Crippen LogP contribution in [-0.4, -0.2) is 40.5 Å². The van der Waals surface area contributed by atoms with Gasteiger partial charge in [0.15, 0.2) is 0 Å². The number of benzene rings is 1. The van der Waals surface area contributed by atoms with Crippen molar-refractivity contribution in [1.29, 1.82) is 0 Å². The Kier molecular flexibility index (Phi) is 6.62. The van der Waals surface area contributed by atoms with Gasteiger partial charge in [0, 0.05) is 17.7 Å². The molecule has 0 aliphatic rings. The van der Waals surface area contributed by atoms with Gasteiger partial charge in [-0.2, -0.15) is 0 Å². The summed E-state index contributed by atoms with van der Waals surface area (Å²) < 4.78 is 0. The highest BCUT2D eigenvalue weighted by Gasteiger charge is 2.15. The average Bonchev–Trinajstić information content (AvgIpc) is 2.33. The fourth-order valence-corrected chi connectivity index (χ4v) is 1.99. The molecule has 0 aromatic heterocycles. The first kappa shape index (κ1) is 15.8. The van der Waals surface area contributed by atoms with Crippen LogP contribution < -0.4 is 5.32 Å². The van der Waals surface area contributed by atoms with Gasteiger partial charge in [0.1, 0.15) is 5.75 Å². The summed E-state index contributed by atoms with van der Waals surface area (Å²) in [5.41, 5.74) is 0.607. The maximum Gasteiger partial charge on any atom is 0.304 e. The van der Waals surface area contributed by atoms with Crippen molar-refractivity contribution in [2.24, 2.45) is 0 Å². The van der Waals surface area contributed by atoms with Crippen LogP contribution in [0.4, 0.5) is 0 Å². The monoisotopic (exact) mass is 287 g/mol. The number of rotatable bonds is 8. The Morgan fingerprint density at radius 3 is 2.79 bits per heavy atom. The number of carboxylic acid groups (broad SMARTS) is 1. The smallest absolute Gasteiger partial charge is 0.304 e. The van der Waals surface area contributed by atoms with Gasteiger partial charge < -0.3 is 20.6 Å². The van der Waals surface area contributed by atoms with E-state index in [1.165, 1.54) is 6.07 Å². The van der Waals surface area contributed by atoms with E-state index in [0.29, 0.717) is 30.0 Å². The number of aromatic hydroxyl groups is 1. The molecular weight excluding hydrogens is 270 g/mol. The third-order valence-corrected chi connectivity index (χ3v) is 2.93. The molecule has 0 aliphatic heterocycles. The van der Waals surface area contributed by atoms with Gasteiger partial charge in [-0.3, -0.25) is 4.79 Å². The summed E-state index contributed by atoms with van der Waals surface area (Å²) in [5, 5.41) is 30.8. The molecule has 0 spiro atoms. The third-order valence-electron chi connectivity index (χ3n) is 2.70. The largest absolute Gasteiger partial charge is 0.508 e. The summed E-state index contributed by atoms with van der Waals surface area (Å²) in [7, 11) is 0. The Bertz CT molecular complexity index is 425. The number of aliphatic hydroxyl groups is 1. The molecule has 0 aliphatic carbocycles. The molecule has 1 aromatic rings. The van der Waals surface area contributed by atoms with E-state index in [-0.39, 0.29) is 24.8 Å². The zero-order chi connectivity index (χ0) is 14.3. The van der Waals surface area contributed by atoms with Gasteiger partial charge >= 0.3 is 5.97 Å². The minimum Gasteiger partial charge on any atom is -0.508 e. The molecule has 0 saturated heterocycles. The van der Waals surface area contributed by atoms with Crippen LogP contribution in [0.25, 0.3) is 0 Å². The van der Waals surface area contributed by atoms with Crippen LogP contribution >= 0.6 is 11.6 Å². The van der Waals surface area contributed by atoms with Crippen LogP contribution in [0.3, 0.4) is 0 Å². The predicted molar refractivity (Wildman–Crippen MR) is 72.6 cm³/mol. The first-order chi connectivity index (χ1) is 9.02. The van der Waals surface area contributed by atoms with E-state index in [0.717, 1.165) is 0 Å². The van der Waals surface area contributed by atoms with Crippen molar-refractivity contribution in [2.75, 3.05) is 13.2 Å². The second-order valence-corrected chi connectivity index (χ2v) is 4.74. The Morgan fingerprint density at radius 2 is 2.16 bits per heavy atom. The van der Waals surface area contributed by atoms with Gasteiger partial charge in [-0.1, -0.05) is 11.6 Å². The first-order valence-corrected chi connectivity index (χ1v) is 6.44. The molecular formula is C13H18ClNO4. The molecule has 4 N–H and O–H groups in total. The highest BCUT2D eigenvalue weighted by Crippen LogP contribution is 2.23. The van der Waals surface area contributed by atoms with Gasteiger partial charge in [-0.05, 0) is 43.1 Å². The van der Waals surface area contributed by atoms with Crippen molar-refractivity contribution in [1.82, 2.24) is 5.32 Å². The highest BCUT2D eigenvalue weighted by atomic mass is 35.5. The minimum absolute atomic E-state index is 0.0508. The number of hydrogen-bond donors (Lipinski definition) is 4. The normalized spacial score (nSPS) is 12.3. The van der Waals surface area contributed by atoms with E-state index < -0.39 is 5.97 Å². The summed E-state index contributed by atoms with van der Waals surface area (Å²) in [5.74, 6) is -0.813. The standard InChI is InChI=1S/C13H18ClNO4/c14-10-2-3-12(17)9(6-10)7-11(8-13(18)19)15-4-1-5-16/h2-3,6,11,15-17H,1,4-5,7-8H2,(H,18,19). The molecule has 1 atom stereocenters. The fraction of sp³-hybridized carbons (Fsp3) is 0.462. The summed E-state index contributed by atoms with van der Waals surface area (Å²) in [6.07, 6.45) is 0.860. The lowest BCUT2D eigenvalue weighted by Crippen LogP contribution is -2.34. The zero-order valence-electron chi connectivity index (χ0n) is 10.5. The van der Waals surface area contributed by atoms with E-state index in [4.69, 9.17) is 21.8 Å². The summed E-state index contributed by atoms with van der Waals surface area (Å²) in [4.78, 5) is 10.8. The van der Waals surface area contributed by atoms with Crippen LogP contribution in [0.15, 0.2) is 18.2 Å². The molecule has 0 amide bonds. The van der Waals surface area contributed by atoms with Crippen molar-refractivity contribution >= 4 is 17.6 Å². The van der Waals surface area contributed by atoms with Crippen molar-refractivity contribution in [3.05, 3.63) is 28.8 Å². The molecule has 106 valence electrons. The fourth-order valence-electron chi connectivity index (χ4n) is 1.80. The maximum atomic E-state index is 10.8. The maximum absolute atomic E-state index is 10.8. The summed E-state index contributed by atoms with van der Waals surface area (Å²) in [6, 6.07) is 4.38. The van der Waals surface area contributed by atoms with Gasteiger partial charge in [-0.15, -0.1) is 0 Å². The van der Waals surface area contributed by atoms with Crippen molar-refractivity contribution in [3.8, 4) is 5.75 Å². The van der Waals surface area contributed by atoms with Crippen molar-refractivity contribution < 1.29 is 20.1 Å². The van der Waals surface area contributed by atoms with Gasteiger partial charge in [-0.25, -0.2) is 0 Å². The lowest BCUT2D eigenvalue weighted by Gasteiger charge is -2.17. The Balaban J connectivity index is 2.69. The average molecular weight is 288 g/mol. The number of halogens is 1. The van der Waals surface area contributed by atoms with Crippen LogP contribution in [0.1, 0.15) is 18.4 Å². The van der Waals surface area contributed by atoms with Gasteiger partial charge in [0.05, 0.1) is 6.42 Å². The molecule has 0 saturated carbocycles. The quantitative estimate of drug-likeness (QED) is 0.543. The molecule has 0 bridgehead atoms. The minimum atomic E-state index is -0.914. The Hall–Kier alpha value is -1.30. The summed E-state index contributed by atoms with van der Waals surface area (Å²) in [6.45, 7) is 0.574. The van der Waals surface area contributed by atoms with Crippen LogP contribution in [0.2, 0.25) is 5.02 Å². The number of aliphatic carboxylic acids is 1. The second-order valence-electron chi connectivity index (χ2n) is 4.30. The third kappa shape index (κ3) is 5.92. The number of phenolic OH excluding ortho intramolecular Hbond substituents is 1. The van der Waals surface area contributed by atoms with Crippen molar-refractivity contribution in [2.45, 2.75) is 25.3 Å². The number of aliphatic hydroxyl groups excluding tert-OH is 1. The Morgan fingerprint density at radius 1 is 1.42 bits per heavy atom. The summed E-state index contributed by atoms with van der Waals surface area (Å²) >= 11 is 5.85. The van der Waals surface area contributed by atoms with E-state index in [1.807, 2.05) is 0 Å². The predicted octanol–water partition coefficient (Wildman–Crippen LogP) is 1.40. The van der Waals surface area contributed by atoms with Crippen LogP contribution in [0.5, 0.6) is 5.75 Å². The number of carboxylic acids is 1. The number of nitrogens with one attached hydrogen (secondary N) is 1. The van der Waals surface area contributed by atoms with E-state index in [2.05, 4.69) is 5.32 Å². The Labute approximate surface area is 116 Å². The van der Waals surface area contributed by atoms with Crippen LogP contribution in [0, 0.1) is 0 Å². The lowest BCUT2D eigenvalue weighted by atomic mass is 10.0. The molecule has 1 unspecified atom stereocenters. The number of phenols is 1. The van der Waals surface area contributed by atoms with E-state index in [9.17, 15) is 9.90 Å². The molecule has 0 fully saturated rings. The van der Waals surface area contributed by atoms with Crippen LogP contribution in [-0.2, 0) is 11.2 Å². The molecule has 6 heteroatoms. The highest BCUT2D eigenvalue weighted by molar-refractivity contribution is 6.30. The SMILES string of the molecule is O=C(O)CC(Cc1cc(Cl)ccc1O)NCCCO. The van der Waals surface area contributed by atoms with Gasteiger partial charge in [0.2, 0.25) is 0 Å². The molecule has 5 nitrogen and oxygen atoms in total. The lowest BCUT2D eigenvalue weighted by molar-refractivity contribution is -0.137. The zero-order valence-corrected chi connectivity index (χ0v) is 11.2. The van der Waals surface area contributed by atoms with Crippen molar-refractivity contribution in [3.63, 3.8) is 0 Å². The number of hydrogen-bond acceptors (Lipinski definition) is 4. The first-order valence-electron chi connectivity index (χ1n) is 6.06. The molecule has 19 heavy (non-hydrogen) atoms. The van der Waals surface area contributed by atoms with Gasteiger partial charge in [0.25, 0.3) is 0 Å². The topological polar surface area (TPSA) is 89.8 Å². The van der Waals surface area contributed by atoms with E-state index in [1.54, 1.807) is 12.1 Å². The second kappa shape index (κ2) is 7.99. The number of carbonyl (C=O) groups is 1. The molecule has 0 radical (unpaired) electrons. The molecule has 1 aromatic carbocycles.